The van der Waals surface area contributed by atoms with Crippen molar-refractivity contribution >= 4 is 11.6 Å². The number of methoxy groups -OCH3 is 1. The van der Waals surface area contributed by atoms with E-state index in [1.165, 1.54) is 12.8 Å². The van der Waals surface area contributed by atoms with E-state index < -0.39 is 0 Å². The third-order valence-corrected chi connectivity index (χ3v) is 3.52. The molecule has 0 spiro atoms. The van der Waals surface area contributed by atoms with Crippen LogP contribution in [0.5, 0.6) is 0 Å². The van der Waals surface area contributed by atoms with Crippen LogP contribution in [0, 0.1) is 12.8 Å². The van der Waals surface area contributed by atoms with Crippen molar-refractivity contribution in [1.29, 1.82) is 0 Å². The summed E-state index contributed by atoms with van der Waals surface area (Å²) in [6.45, 7) is 5.00. The molecule has 0 aromatic carbocycles. The van der Waals surface area contributed by atoms with Gasteiger partial charge in [-0.25, -0.2) is 9.97 Å². The molecular formula is C13H22N4O. The largest absolute Gasteiger partial charge is 0.384 e. The van der Waals surface area contributed by atoms with Gasteiger partial charge in [0.05, 0.1) is 6.61 Å². The molecule has 1 aromatic heterocycles. The lowest BCUT2D eigenvalue weighted by atomic mass is 9.98. The first-order valence-electron chi connectivity index (χ1n) is 6.49. The molecule has 5 heteroatoms. The molecule has 1 aliphatic rings. The second kappa shape index (κ2) is 6.00. The van der Waals surface area contributed by atoms with Crippen molar-refractivity contribution in [3.05, 3.63) is 11.9 Å². The maximum Gasteiger partial charge on any atom is 0.137 e. The van der Waals surface area contributed by atoms with Crippen LogP contribution >= 0.6 is 0 Å². The Kier molecular flexibility index (Phi) is 4.36. The molecule has 100 valence electrons. The van der Waals surface area contributed by atoms with Crippen LogP contribution in [0.3, 0.4) is 0 Å². The Balaban J connectivity index is 2.15. The number of nitrogens with one attached hydrogen (secondary N) is 1. The smallest absolute Gasteiger partial charge is 0.137 e. The van der Waals surface area contributed by atoms with Gasteiger partial charge in [-0.1, -0.05) is 0 Å². The zero-order chi connectivity index (χ0) is 13.0. The van der Waals surface area contributed by atoms with Gasteiger partial charge >= 0.3 is 0 Å². The van der Waals surface area contributed by atoms with E-state index >= 15 is 0 Å². The Bertz CT molecular complexity index is 395. The second-order valence-electron chi connectivity index (χ2n) is 4.83. The Morgan fingerprint density at radius 2 is 2.33 bits per heavy atom. The minimum atomic E-state index is 0.608. The zero-order valence-electron chi connectivity index (χ0n) is 11.4. The molecule has 0 saturated carbocycles. The molecule has 1 fully saturated rings. The number of hydrogen-bond acceptors (Lipinski definition) is 5. The number of anilines is 2. The maximum atomic E-state index is 5.27. The number of ether oxygens (including phenoxy) is 1. The van der Waals surface area contributed by atoms with E-state index in [9.17, 15) is 0 Å². The molecule has 1 unspecified atom stereocenters. The van der Waals surface area contributed by atoms with Crippen LogP contribution in [-0.2, 0) is 4.74 Å². The highest BCUT2D eigenvalue weighted by molar-refractivity contribution is 5.57. The predicted octanol–water partition coefficient (Wildman–Crippen LogP) is 1.69. The number of aromatic nitrogens is 2. The highest BCUT2D eigenvalue weighted by Gasteiger charge is 2.22. The fraction of sp³-hybridized carbons (Fsp3) is 0.692. The molecule has 2 rings (SSSR count). The minimum absolute atomic E-state index is 0.608. The van der Waals surface area contributed by atoms with Crippen LogP contribution in [0.25, 0.3) is 0 Å². The normalized spacial score (nSPS) is 19.9. The molecular weight excluding hydrogens is 228 g/mol. The van der Waals surface area contributed by atoms with Crippen molar-refractivity contribution in [3.8, 4) is 0 Å². The van der Waals surface area contributed by atoms with Gasteiger partial charge in [-0.2, -0.15) is 0 Å². The second-order valence-corrected chi connectivity index (χ2v) is 4.83. The zero-order valence-corrected chi connectivity index (χ0v) is 11.4. The van der Waals surface area contributed by atoms with Crippen molar-refractivity contribution in [3.63, 3.8) is 0 Å². The predicted molar refractivity (Wildman–Crippen MR) is 73.1 cm³/mol. The number of piperidine rings is 1. The van der Waals surface area contributed by atoms with E-state index in [2.05, 4.69) is 27.1 Å². The van der Waals surface area contributed by atoms with E-state index in [1.54, 1.807) is 13.4 Å². The molecule has 1 aliphatic heterocycles. The van der Waals surface area contributed by atoms with Crippen LogP contribution in [0.1, 0.15) is 18.4 Å². The summed E-state index contributed by atoms with van der Waals surface area (Å²) in [4.78, 5) is 11.0. The van der Waals surface area contributed by atoms with Crippen molar-refractivity contribution in [2.45, 2.75) is 19.8 Å². The van der Waals surface area contributed by atoms with E-state index in [-0.39, 0.29) is 0 Å². The molecule has 1 atom stereocenters. The summed E-state index contributed by atoms with van der Waals surface area (Å²) in [5.74, 6) is 2.57. The molecule has 18 heavy (non-hydrogen) atoms. The first kappa shape index (κ1) is 13.1. The van der Waals surface area contributed by atoms with Crippen LogP contribution in [0.15, 0.2) is 6.33 Å². The van der Waals surface area contributed by atoms with E-state index in [0.29, 0.717) is 5.92 Å². The molecule has 0 aliphatic carbocycles. The SMILES string of the molecule is CNc1ncnc(N2CCCC(COC)C2)c1C. The van der Waals surface area contributed by atoms with Gasteiger partial charge in [0, 0.05) is 32.8 Å². The molecule has 5 nitrogen and oxygen atoms in total. The van der Waals surface area contributed by atoms with Gasteiger partial charge in [0.1, 0.15) is 18.0 Å². The van der Waals surface area contributed by atoms with E-state index in [1.807, 2.05) is 7.05 Å². The summed E-state index contributed by atoms with van der Waals surface area (Å²) in [6.07, 6.45) is 4.08. The van der Waals surface area contributed by atoms with Gasteiger partial charge in [-0.05, 0) is 25.7 Å². The highest BCUT2D eigenvalue weighted by atomic mass is 16.5. The number of rotatable bonds is 4. The quantitative estimate of drug-likeness (QED) is 0.881. The summed E-state index contributed by atoms with van der Waals surface area (Å²) in [5.41, 5.74) is 1.12. The van der Waals surface area contributed by atoms with Gasteiger partial charge in [0.15, 0.2) is 0 Å². The van der Waals surface area contributed by atoms with Crippen molar-refractivity contribution in [2.24, 2.45) is 5.92 Å². The van der Waals surface area contributed by atoms with Gasteiger partial charge in [-0.3, -0.25) is 0 Å². The van der Waals surface area contributed by atoms with Gasteiger partial charge in [0.2, 0.25) is 0 Å². The standard InChI is InChI=1S/C13H22N4O/c1-10-12(14-2)15-9-16-13(10)17-6-4-5-11(7-17)8-18-3/h9,11H,4-8H2,1-3H3,(H,14,15,16). The molecule has 0 bridgehead atoms. The monoisotopic (exact) mass is 250 g/mol. The van der Waals surface area contributed by atoms with E-state index in [0.717, 1.165) is 36.9 Å². The van der Waals surface area contributed by atoms with Crippen molar-refractivity contribution in [1.82, 2.24) is 9.97 Å². The van der Waals surface area contributed by atoms with E-state index in [4.69, 9.17) is 4.74 Å². The summed E-state index contributed by atoms with van der Waals surface area (Å²) in [7, 11) is 3.66. The minimum Gasteiger partial charge on any atom is -0.384 e. The lowest BCUT2D eigenvalue weighted by molar-refractivity contribution is 0.143. The van der Waals surface area contributed by atoms with Crippen LogP contribution < -0.4 is 10.2 Å². The van der Waals surface area contributed by atoms with Crippen molar-refractivity contribution < 1.29 is 4.74 Å². The van der Waals surface area contributed by atoms with Crippen molar-refractivity contribution in [2.75, 3.05) is 44.1 Å². The molecule has 2 heterocycles. The molecule has 1 N–H and O–H groups in total. The Morgan fingerprint density at radius 3 is 3.06 bits per heavy atom. The molecule has 1 saturated heterocycles. The fourth-order valence-corrected chi connectivity index (χ4v) is 2.64. The first-order chi connectivity index (χ1) is 8.76. The van der Waals surface area contributed by atoms with Crippen LogP contribution in [0.4, 0.5) is 11.6 Å². The lowest BCUT2D eigenvalue weighted by Crippen LogP contribution is -2.38. The number of hydrogen-bond donors (Lipinski definition) is 1. The third-order valence-electron chi connectivity index (χ3n) is 3.52. The summed E-state index contributed by atoms with van der Waals surface area (Å²) in [5, 5.41) is 3.11. The Morgan fingerprint density at radius 1 is 1.50 bits per heavy atom. The fourth-order valence-electron chi connectivity index (χ4n) is 2.64. The molecule has 0 amide bonds. The van der Waals surface area contributed by atoms with Gasteiger partial charge in [-0.15, -0.1) is 0 Å². The van der Waals surface area contributed by atoms with Crippen LogP contribution in [-0.4, -0.2) is 43.8 Å². The Hall–Kier alpha value is -1.36. The van der Waals surface area contributed by atoms with Gasteiger partial charge in [0.25, 0.3) is 0 Å². The molecule has 0 radical (unpaired) electrons. The summed E-state index contributed by atoms with van der Waals surface area (Å²) < 4.78 is 5.27. The molecule has 1 aromatic rings. The van der Waals surface area contributed by atoms with Gasteiger partial charge < -0.3 is 15.0 Å². The first-order valence-corrected chi connectivity index (χ1v) is 6.49. The average molecular weight is 250 g/mol. The maximum absolute atomic E-state index is 5.27. The Labute approximate surface area is 109 Å². The lowest BCUT2D eigenvalue weighted by Gasteiger charge is -2.34. The average Bonchev–Trinajstić information content (AvgIpc) is 2.40. The summed E-state index contributed by atoms with van der Waals surface area (Å²) in [6, 6.07) is 0. The number of nitrogens with zero attached hydrogens (tertiary/aromatic N) is 3. The topological polar surface area (TPSA) is 50.3 Å². The highest BCUT2D eigenvalue weighted by Crippen LogP contribution is 2.26. The third kappa shape index (κ3) is 2.72. The van der Waals surface area contributed by atoms with Crippen LogP contribution in [0.2, 0.25) is 0 Å². The summed E-state index contributed by atoms with van der Waals surface area (Å²) >= 11 is 0.